The molecule has 0 aliphatic rings. The van der Waals surface area contributed by atoms with Crippen LogP contribution in [0, 0.1) is 0 Å². The van der Waals surface area contributed by atoms with Crippen LogP contribution >= 0.6 is 0 Å². The van der Waals surface area contributed by atoms with E-state index in [1.165, 1.54) is 0 Å². The van der Waals surface area contributed by atoms with Gasteiger partial charge >= 0.3 is 6.09 Å². The van der Waals surface area contributed by atoms with Crippen LogP contribution in [-0.2, 0) is 0 Å². The van der Waals surface area contributed by atoms with Crippen LogP contribution in [0.15, 0.2) is 0 Å². The largest absolute Gasteiger partial charge is 0.465 e. The molecule has 0 rings (SSSR count). The van der Waals surface area contributed by atoms with Crippen molar-refractivity contribution in [2.45, 2.75) is 0 Å². The Morgan fingerprint density at radius 3 is 2.64 bits per heavy atom. The van der Waals surface area contributed by atoms with Gasteiger partial charge < -0.3 is 15.3 Å². The van der Waals surface area contributed by atoms with Gasteiger partial charge in [-0.15, -0.1) is 0 Å². The molecule has 5 heteroatoms. The molecule has 0 unspecified atom stereocenters. The van der Waals surface area contributed by atoms with E-state index < -0.39 is 12.8 Å². The predicted molar refractivity (Wildman–Crippen MR) is 39.5 cm³/mol. The van der Waals surface area contributed by atoms with E-state index in [4.69, 9.17) is 5.11 Å². The minimum atomic E-state index is -1.07. The number of likely N-dealkylation sites (N-methyl/N-ethyl adjacent to an activating group) is 1. The Labute approximate surface area is 65.0 Å². The molecule has 0 radical (unpaired) electrons. The summed E-state index contributed by atoms with van der Waals surface area (Å²) in [6.07, 6.45) is -1.07. The number of hydrogen-bond acceptors (Lipinski definition) is 2. The van der Waals surface area contributed by atoms with Gasteiger partial charge in [0.1, 0.15) is 6.67 Å². The van der Waals surface area contributed by atoms with Gasteiger partial charge in [-0.2, -0.15) is 0 Å². The average molecular weight is 164 g/mol. The van der Waals surface area contributed by atoms with Crippen molar-refractivity contribution in [2.75, 3.05) is 33.4 Å². The van der Waals surface area contributed by atoms with Crippen molar-refractivity contribution >= 4 is 6.09 Å². The van der Waals surface area contributed by atoms with Crippen molar-refractivity contribution < 1.29 is 14.3 Å². The maximum Gasteiger partial charge on any atom is 0.407 e. The molecule has 0 saturated heterocycles. The van der Waals surface area contributed by atoms with E-state index in [1.54, 1.807) is 7.05 Å². The second kappa shape index (κ2) is 5.91. The molecule has 0 heterocycles. The molecule has 1 amide bonds. The fourth-order valence-electron chi connectivity index (χ4n) is 0.652. The van der Waals surface area contributed by atoms with E-state index in [1.807, 2.05) is 0 Å². The molecule has 0 aromatic rings. The number of nitrogens with one attached hydrogen (secondary N) is 1. The molecule has 4 nitrogen and oxygen atoms in total. The van der Waals surface area contributed by atoms with Crippen molar-refractivity contribution in [2.24, 2.45) is 0 Å². The lowest BCUT2D eigenvalue weighted by Gasteiger charge is -2.16. The number of nitrogens with zero attached hydrogens (tertiary/aromatic N) is 1. The average Bonchev–Trinajstić information content (AvgIpc) is 1.97. The molecular formula is C6H13FN2O2. The van der Waals surface area contributed by atoms with Gasteiger partial charge in [-0.25, -0.2) is 9.18 Å². The highest BCUT2D eigenvalue weighted by atomic mass is 19.1. The molecule has 0 aliphatic heterocycles. The fourth-order valence-corrected chi connectivity index (χ4v) is 0.652. The Hall–Kier alpha value is -0.840. The molecular weight excluding hydrogens is 151 g/mol. The molecule has 0 aromatic heterocycles. The first-order valence-electron chi connectivity index (χ1n) is 3.40. The monoisotopic (exact) mass is 164 g/mol. The number of carboxylic acid groups (broad SMARTS) is 1. The maximum atomic E-state index is 11.7. The summed E-state index contributed by atoms with van der Waals surface area (Å²) in [5, 5.41) is 11.2. The predicted octanol–water partition coefficient (Wildman–Crippen LogP) is 0.155. The Bertz CT molecular complexity index is 121. The van der Waals surface area contributed by atoms with Gasteiger partial charge in [-0.1, -0.05) is 0 Å². The second-order valence-corrected chi connectivity index (χ2v) is 2.06. The number of alkyl halides is 1. The van der Waals surface area contributed by atoms with Crippen molar-refractivity contribution in [3.05, 3.63) is 0 Å². The Kier molecular flexibility index (Phi) is 5.46. The summed E-state index contributed by atoms with van der Waals surface area (Å²) in [5.74, 6) is 0. The van der Waals surface area contributed by atoms with Crippen LogP contribution in [0.2, 0.25) is 0 Å². The summed E-state index contributed by atoms with van der Waals surface area (Å²) >= 11 is 0. The van der Waals surface area contributed by atoms with E-state index >= 15 is 0 Å². The first-order chi connectivity index (χ1) is 5.22. The zero-order valence-corrected chi connectivity index (χ0v) is 6.51. The maximum absolute atomic E-state index is 11.7. The minimum absolute atomic E-state index is 0.0446. The van der Waals surface area contributed by atoms with E-state index in [2.05, 4.69) is 5.32 Å². The van der Waals surface area contributed by atoms with Crippen molar-refractivity contribution in [3.63, 3.8) is 0 Å². The highest BCUT2D eigenvalue weighted by molar-refractivity contribution is 5.64. The first-order valence-corrected chi connectivity index (χ1v) is 3.40. The number of halogens is 1. The standard InChI is InChI=1S/C6H13FN2O2/c1-8-3-5-9(4-2-7)6(10)11/h8H,2-5H2,1H3,(H,10,11). The van der Waals surface area contributed by atoms with Crippen LogP contribution in [0.5, 0.6) is 0 Å². The normalized spacial score (nSPS) is 9.64. The summed E-state index contributed by atoms with van der Waals surface area (Å²) in [6.45, 7) is 0.203. The topological polar surface area (TPSA) is 52.6 Å². The van der Waals surface area contributed by atoms with Gasteiger partial charge in [0.15, 0.2) is 0 Å². The summed E-state index contributed by atoms with van der Waals surface area (Å²) < 4.78 is 11.7. The van der Waals surface area contributed by atoms with Crippen LogP contribution in [0.1, 0.15) is 0 Å². The highest BCUT2D eigenvalue weighted by Crippen LogP contribution is 1.87. The third-order valence-corrected chi connectivity index (χ3v) is 1.26. The van der Waals surface area contributed by atoms with Crippen molar-refractivity contribution in [1.29, 1.82) is 0 Å². The zero-order valence-electron chi connectivity index (χ0n) is 6.51. The Balaban J connectivity index is 3.60. The van der Waals surface area contributed by atoms with E-state index in [-0.39, 0.29) is 6.54 Å². The zero-order chi connectivity index (χ0) is 8.69. The van der Waals surface area contributed by atoms with Crippen LogP contribution in [0.3, 0.4) is 0 Å². The summed E-state index contributed by atoms with van der Waals surface area (Å²) in [6, 6.07) is 0. The molecule has 11 heavy (non-hydrogen) atoms. The molecule has 2 N–H and O–H groups in total. The Morgan fingerprint density at radius 2 is 2.27 bits per heavy atom. The van der Waals surface area contributed by atoms with E-state index in [0.717, 1.165) is 4.90 Å². The summed E-state index contributed by atoms with van der Waals surface area (Å²) in [7, 11) is 1.72. The van der Waals surface area contributed by atoms with Crippen LogP contribution < -0.4 is 5.32 Å². The molecule has 0 aromatic carbocycles. The first kappa shape index (κ1) is 10.2. The summed E-state index contributed by atoms with van der Waals surface area (Å²) in [5.41, 5.74) is 0. The molecule has 0 aliphatic carbocycles. The fraction of sp³-hybridized carbons (Fsp3) is 0.833. The Morgan fingerprint density at radius 1 is 1.64 bits per heavy atom. The van der Waals surface area contributed by atoms with Crippen LogP contribution in [0.4, 0.5) is 9.18 Å². The molecule has 0 atom stereocenters. The number of hydrogen-bond donors (Lipinski definition) is 2. The van der Waals surface area contributed by atoms with Gasteiger partial charge in [0.05, 0.1) is 6.54 Å². The van der Waals surface area contributed by atoms with Gasteiger partial charge in [0, 0.05) is 13.1 Å². The SMILES string of the molecule is CNCCN(CCF)C(=O)O. The number of rotatable bonds is 5. The summed E-state index contributed by atoms with van der Waals surface area (Å²) in [4.78, 5) is 11.4. The number of carbonyl (C=O) groups is 1. The van der Waals surface area contributed by atoms with Crippen LogP contribution in [0.25, 0.3) is 0 Å². The molecule has 0 bridgehead atoms. The smallest absolute Gasteiger partial charge is 0.407 e. The van der Waals surface area contributed by atoms with E-state index in [9.17, 15) is 9.18 Å². The van der Waals surface area contributed by atoms with Crippen molar-refractivity contribution in [3.8, 4) is 0 Å². The van der Waals surface area contributed by atoms with Gasteiger partial charge in [0.25, 0.3) is 0 Å². The van der Waals surface area contributed by atoms with Crippen LogP contribution in [-0.4, -0.2) is 49.5 Å². The van der Waals surface area contributed by atoms with Gasteiger partial charge in [-0.05, 0) is 7.05 Å². The third kappa shape index (κ3) is 4.55. The molecule has 0 saturated carbocycles. The van der Waals surface area contributed by atoms with Gasteiger partial charge in [0.2, 0.25) is 0 Å². The van der Waals surface area contributed by atoms with Gasteiger partial charge in [-0.3, -0.25) is 0 Å². The lowest BCUT2D eigenvalue weighted by atomic mass is 10.5. The minimum Gasteiger partial charge on any atom is -0.465 e. The molecule has 0 spiro atoms. The molecule has 0 fully saturated rings. The molecule has 66 valence electrons. The quantitative estimate of drug-likeness (QED) is 0.608. The third-order valence-electron chi connectivity index (χ3n) is 1.26. The lowest BCUT2D eigenvalue weighted by Crippen LogP contribution is -2.36. The second-order valence-electron chi connectivity index (χ2n) is 2.06. The lowest BCUT2D eigenvalue weighted by molar-refractivity contribution is 0.142. The highest BCUT2D eigenvalue weighted by Gasteiger charge is 2.08. The van der Waals surface area contributed by atoms with Crippen molar-refractivity contribution in [1.82, 2.24) is 10.2 Å². The number of amides is 1. The van der Waals surface area contributed by atoms with E-state index in [0.29, 0.717) is 13.1 Å².